The third kappa shape index (κ3) is 3.34. The van der Waals surface area contributed by atoms with Crippen molar-refractivity contribution in [2.24, 2.45) is 0 Å². The predicted molar refractivity (Wildman–Crippen MR) is 75.7 cm³/mol. The van der Waals surface area contributed by atoms with E-state index in [1.54, 1.807) is 0 Å². The third-order valence-electron chi connectivity index (χ3n) is 3.09. The minimum Gasteiger partial charge on any atom is -0.392 e. The molecule has 0 amide bonds. The van der Waals surface area contributed by atoms with Crippen molar-refractivity contribution in [2.75, 3.05) is 11.9 Å². The molecule has 0 spiro atoms. The molecule has 94 valence electrons. The van der Waals surface area contributed by atoms with E-state index in [-0.39, 0.29) is 6.61 Å². The Kier molecular flexibility index (Phi) is 4.37. The molecule has 0 heterocycles. The van der Waals surface area contributed by atoms with E-state index >= 15 is 0 Å². The molecular weight excluding hydrogens is 222 g/mol. The molecule has 0 radical (unpaired) electrons. The van der Waals surface area contributed by atoms with Gasteiger partial charge in [-0.3, -0.25) is 0 Å². The minimum atomic E-state index is 0.0871. The highest BCUT2D eigenvalue weighted by Gasteiger charge is 2.04. The van der Waals surface area contributed by atoms with Crippen molar-refractivity contribution in [1.29, 1.82) is 0 Å². The summed E-state index contributed by atoms with van der Waals surface area (Å²) < 4.78 is 0. The summed E-state index contributed by atoms with van der Waals surface area (Å²) in [7, 11) is 0. The number of nitrogens with one attached hydrogen (secondary N) is 1. The molecule has 0 aromatic heterocycles. The van der Waals surface area contributed by atoms with Crippen LogP contribution in [0.4, 0.5) is 5.69 Å². The molecule has 1 unspecified atom stereocenters. The van der Waals surface area contributed by atoms with Crippen LogP contribution in [0.25, 0.3) is 0 Å². The van der Waals surface area contributed by atoms with Gasteiger partial charge in [0, 0.05) is 12.2 Å². The standard InChI is InChI=1S/C16H19NO/c1-13(15-7-3-2-4-8-15)11-17-16-9-5-6-14(10-16)12-18/h2-10,13,17-18H,11-12H2,1H3. The summed E-state index contributed by atoms with van der Waals surface area (Å²) in [6, 6.07) is 18.4. The van der Waals surface area contributed by atoms with Crippen LogP contribution in [-0.4, -0.2) is 11.7 Å². The Hall–Kier alpha value is -1.80. The van der Waals surface area contributed by atoms with E-state index in [4.69, 9.17) is 5.11 Å². The van der Waals surface area contributed by atoms with E-state index in [1.165, 1.54) is 5.56 Å². The zero-order valence-electron chi connectivity index (χ0n) is 10.6. The quantitative estimate of drug-likeness (QED) is 0.841. The first-order valence-corrected chi connectivity index (χ1v) is 6.28. The van der Waals surface area contributed by atoms with Crippen molar-refractivity contribution in [1.82, 2.24) is 0 Å². The lowest BCUT2D eigenvalue weighted by Gasteiger charge is -2.14. The first-order chi connectivity index (χ1) is 8.79. The normalized spacial score (nSPS) is 12.1. The van der Waals surface area contributed by atoms with Gasteiger partial charge in [-0.2, -0.15) is 0 Å². The zero-order valence-corrected chi connectivity index (χ0v) is 10.6. The third-order valence-corrected chi connectivity index (χ3v) is 3.09. The number of rotatable bonds is 5. The summed E-state index contributed by atoms with van der Waals surface area (Å²) >= 11 is 0. The molecule has 2 aromatic carbocycles. The van der Waals surface area contributed by atoms with Crippen LogP contribution in [0.15, 0.2) is 54.6 Å². The highest BCUT2D eigenvalue weighted by Crippen LogP contribution is 2.17. The van der Waals surface area contributed by atoms with E-state index in [1.807, 2.05) is 30.3 Å². The Bertz CT molecular complexity index is 481. The van der Waals surface area contributed by atoms with Crippen LogP contribution in [0.1, 0.15) is 24.0 Å². The maximum Gasteiger partial charge on any atom is 0.0682 e. The average Bonchev–Trinajstić information content (AvgIpc) is 2.46. The molecular formula is C16H19NO. The van der Waals surface area contributed by atoms with Gasteiger partial charge in [-0.15, -0.1) is 0 Å². The Labute approximate surface area is 108 Å². The maximum absolute atomic E-state index is 9.09. The van der Waals surface area contributed by atoms with E-state index < -0.39 is 0 Å². The molecule has 0 fully saturated rings. The van der Waals surface area contributed by atoms with Crippen molar-refractivity contribution < 1.29 is 5.11 Å². The van der Waals surface area contributed by atoms with Crippen molar-refractivity contribution >= 4 is 5.69 Å². The van der Waals surface area contributed by atoms with Crippen LogP contribution >= 0.6 is 0 Å². The van der Waals surface area contributed by atoms with Gasteiger partial charge in [-0.05, 0) is 29.2 Å². The lowest BCUT2D eigenvalue weighted by Crippen LogP contribution is -2.09. The first kappa shape index (κ1) is 12.7. The zero-order chi connectivity index (χ0) is 12.8. The monoisotopic (exact) mass is 241 g/mol. The van der Waals surface area contributed by atoms with Gasteiger partial charge in [0.2, 0.25) is 0 Å². The molecule has 2 heteroatoms. The molecule has 2 nitrogen and oxygen atoms in total. The van der Waals surface area contributed by atoms with Crippen molar-refractivity contribution in [3.63, 3.8) is 0 Å². The second kappa shape index (κ2) is 6.22. The van der Waals surface area contributed by atoms with Gasteiger partial charge in [0.05, 0.1) is 6.61 Å². The number of aliphatic hydroxyl groups excluding tert-OH is 1. The van der Waals surface area contributed by atoms with E-state index in [2.05, 4.69) is 36.5 Å². The predicted octanol–water partition coefficient (Wildman–Crippen LogP) is 3.39. The molecule has 0 aliphatic heterocycles. The number of anilines is 1. The van der Waals surface area contributed by atoms with Crippen molar-refractivity contribution in [3.8, 4) is 0 Å². The summed E-state index contributed by atoms with van der Waals surface area (Å²) in [5.41, 5.74) is 3.33. The summed E-state index contributed by atoms with van der Waals surface area (Å²) in [5, 5.41) is 12.5. The summed E-state index contributed by atoms with van der Waals surface area (Å²) in [5.74, 6) is 0.462. The Balaban J connectivity index is 1.95. The van der Waals surface area contributed by atoms with Gasteiger partial charge < -0.3 is 10.4 Å². The fourth-order valence-corrected chi connectivity index (χ4v) is 1.95. The molecule has 0 bridgehead atoms. The van der Waals surface area contributed by atoms with Crippen molar-refractivity contribution in [3.05, 3.63) is 65.7 Å². The van der Waals surface area contributed by atoms with Gasteiger partial charge in [0.15, 0.2) is 0 Å². The molecule has 0 saturated carbocycles. The van der Waals surface area contributed by atoms with Crippen LogP contribution in [0.3, 0.4) is 0 Å². The van der Waals surface area contributed by atoms with Gasteiger partial charge >= 0.3 is 0 Å². The summed E-state index contributed by atoms with van der Waals surface area (Å²) in [6.45, 7) is 3.18. The first-order valence-electron chi connectivity index (χ1n) is 6.28. The van der Waals surface area contributed by atoms with Gasteiger partial charge in [0.1, 0.15) is 0 Å². The fraction of sp³-hybridized carbons (Fsp3) is 0.250. The number of hydrogen-bond acceptors (Lipinski definition) is 2. The topological polar surface area (TPSA) is 32.3 Å². The molecule has 18 heavy (non-hydrogen) atoms. The Morgan fingerprint density at radius 3 is 2.56 bits per heavy atom. The Morgan fingerprint density at radius 2 is 1.83 bits per heavy atom. The lowest BCUT2D eigenvalue weighted by atomic mass is 10.0. The van der Waals surface area contributed by atoms with Crippen molar-refractivity contribution in [2.45, 2.75) is 19.4 Å². The lowest BCUT2D eigenvalue weighted by molar-refractivity contribution is 0.282. The maximum atomic E-state index is 9.09. The minimum absolute atomic E-state index is 0.0871. The summed E-state index contributed by atoms with van der Waals surface area (Å²) in [6.07, 6.45) is 0. The molecule has 2 N–H and O–H groups in total. The average molecular weight is 241 g/mol. The number of hydrogen-bond donors (Lipinski definition) is 2. The summed E-state index contributed by atoms with van der Waals surface area (Å²) in [4.78, 5) is 0. The van der Waals surface area contributed by atoms with Crippen LogP contribution in [0.5, 0.6) is 0 Å². The second-order valence-corrected chi connectivity index (χ2v) is 4.55. The fourth-order valence-electron chi connectivity index (χ4n) is 1.95. The highest BCUT2D eigenvalue weighted by atomic mass is 16.3. The van der Waals surface area contributed by atoms with E-state index in [0.29, 0.717) is 5.92 Å². The van der Waals surface area contributed by atoms with Crippen LogP contribution in [0, 0.1) is 0 Å². The largest absolute Gasteiger partial charge is 0.392 e. The van der Waals surface area contributed by atoms with Crippen LogP contribution in [0.2, 0.25) is 0 Å². The van der Waals surface area contributed by atoms with Gasteiger partial charge in [-0.25, -0.2) is 0 Å². The molecule has 0 aliphatic rings. The second-order valence-electron chi connectivity index (χ2n) is 4.55. The molecule has 2 rings (SSSR count). The van der Waals surface area contributed by atoms with E-state index in [0.717, 1.165) is 17.8 Å². The molecule has 2 aromatic rings. The van der Waals surface area contributed by atoms with Gasteiger partial charge in [-0.1, -0.05) is 49.4 Å². The molecule has 1 atom stereocenters. The van der Waals surface area contributed by atoms with Gasteiger partial charge in [0.25, 0.3) is 0 Å². The van der Waals surface area contributed by atoms with Crippen LogP contribution in [-0.2, 0) is 6.61 Å². The molecule has 0 aliphatic carbocycles. The highest BCUT2D eigenvalue weighted by molar-refractivity contribution is 5.46. The SMILES string of the molecule is CC(CNc1cccc(CO)c1)c1ccccc1. The van der Waals surface area contributed by atoms with Crippen LogP contribution < -0.4 is 5.32 Å². The Morgan fingerprint density at radius 1 is 1.06 bits per heavy atom. The van der Waals surface area contributed by atoms with E-state index in [9.17, 15) is 0 Å². The molecule has 0 saturated heterocycles. The number of benzene rings is 2. The smallest absolute Gasteiger partial charge is 0.0682 e. The number of aliphatic hydroxyl groups is 1.